The van der Waals surface area contributed by atoms with Crippen molar-refractivity contribution in [2.45, 2.75) is 13.5 Å². The Kier molecular flexibility index (Phi) is 3.94. The van der Waals surface area contributed by atoms with Crippen molar-refractivity contribution in [2.75, 3.05) is 0 Å². The van der Waals surface area contributed by atoms with Crippen molar-refractivity contribution >= 4 is 23.2 Å². The number of rotatable bonds is 3. The third kappa shape index (κ3) is 2.86. The number of aromatic amines is 1. The van der Waals surface area contributed by atoms with E-state index in [1.54, 1.807) is 31.3 Å². The lowest BCUT2D eigenvalue weighted by atomic mass is 10.2. The second-order valence-electron chi connectivity index (χ2n) is 3.82. The lowest BCUT2D eigenvalue weighted by molar-refractivity contribution is 0.299. The molecule has 0 saturated carbocycles. The first kappa shape index (κ1) is 13.0. The maximum Gasteiger partial charge on any atom is 0.223 e. The van der Waals surface area contributed by atoms with Crippen LogP contribution >= 0.6 is 23.2 Å². The molecule has 94 valence electrons. The Morgan fingerprint density at radius 3 is 2.72 bits per heavy atom. The van der Waals surface area contributed by atoms with Gasteiger partial charge in [0.25, 0.3) is 0 Å². The van der Waals surface area contributed by atoms with Crippen molar-refractivity contribution in [2.24, 2.45) is 0 Å². The minimum atomic E-state index is -0.156. The molecule has 1 heterocycles. The van der Waals surface area contributed by atoms with Crippen LogP contribution in [-0.4, -0.2) is 4.98 Å². The van der Waals surface area contributed by atoms with Crippen LogP contribution in [0, 0.1) is 6.92 Å². The van der Waals surface area contributed by atoms with E-state index in [0.29, 0.717) is 21.5 Å². The molecular weight excluding hydrogens is 273 g/mol. The zero-order chi connectivity index (χ0) is 13.1. The van der Waals surface area contributed by atoms with Crippen LogP contribution < -0.4 is 10.2 Å². The Balaban J connectivity index is 2.19. The molecule has 2 aromatic rings. The molecule has 3 nitrogen and oxygen atoms in total. The molecule has 18 heavy (non-hydrogen) atoms. The van der Waals surface area contributed by atoms with Gasteiger partial charge < -0.3 is 9.72 Å². The van der Waals surface area contributed by atoms with E-state index in [2.05, 4.69) is 4.98 Å². The largest absolute Gasteiger partial charge is 0.483 e. The summed E-state index contributed by atoms with van der Waals surface area (Å²) in [7, 11) is 0. The van der Waals surface area contributed by atoms with E-state index in [1.807, 2.05) is 0 Å². The summed E-state index contributed by atoms with van der Waals surface area (Å²) in [6.07, 6.45) is 1.58. The molecule has 2 rings (SSSR count). The van der Waals surface area contributed by atoms with Crippen LogP contribution in [0.2, 0.25) is 10.0 Å². The Morgan fingerprint density at radius 2 is 2.06 bits per heavy atom. The van der Waals surface area contributed by atoms with Crippen molar-refractivity contribution < 1.29 is 4.74 Å². The van der Waals surface area contributed by atoms with Crippen LogP contribution in [0.5, 0.6) is 5.75 Å². The van der Waals surface area contributed by atoms with Gasteiger partial charge in [-0.15, -0.1) is 0 Å². The van der Waals surface area contributed by atoms with Crippen LogP contribution in [0.25, 0.3) is 0 Å². The van der Waals surface area contributed by atoms with E-state index in [1.165, 1.54) is 6.07 Å². The van der Waals surface area contributed by atoms with Gasteiger partial charge in [-0.3, -0.25) is 4.79 Å². The first-order valence-electron chi connectivity index (χ1n) is 5.33. The molecule has 1 aromatic carbocycles. The van der Waals surface area contributed by atoms with E-state index in [4.69, 9.17) is 27.9 Å². The number of hydrogen-bond donors (Lipinski definition) is 1. The number of aromatic nitrogens is 1. The Labute approximate surface area is 114 Å². The van der Waals surface area contributed by atoms with Crippen molar-refractivity contribution in [3.8, 4) is 5.75 Å². The van der Waals surface area contributed by atoms with E-state index in [9.17, 15) is 4.79 Å². The predicted molar refractivity (Wildman–Crippen MR) is 72.6 cm³/mol. The quantitative estimate of drug-likeness (QED) is 0.936. The minimum Gasteiger partial charge on any atom is -0.483 e. The average molecular weight is 284 g/mol. The smallest absolute Gasteiger partial charge is 0.223 e. The molecule has 0 aliphatic heterocycles. The molecule has 0 bridgehead atoms. The molecule has 1 N–H and O–H groups in total. The van der Waals surface area contributed by atoms with E-state index >= 15 is 0 Å². The van der Waals surface area contributed by atoms with Crippen LogP contribution in [-0.2, 0) is 6.61 Å². The van der Waals surface area contributed by atoms with Gasteiger partial charge in [-0.05, 0) is 19.1 Å². The Bertz CT molecular complexity index is 623. The van der Waals surface area contributed by atoms with Crippen LogP contribution in [0.3, 0.4) is 0 Å². The number of H-pyrrole nitrogens is 1. The lowest BCUT2D eigenvalue weighted by Crippen LogP contribution is -2.09. The summed E-state index contributed by atoms with van der Waals surface area (Å²) in [5, 5.41) is 1.09. The molecule has 0 fully saturated rings. The summed E-state index contributed by atoms with van der Waals surface area (Å²) >= 11 is 11.8. The highest BCUT2D eigenvalue weighted by Crippen LogP contribution is 2.22. The second-order valence-corrected chi connectivity index (χ2v) is 4.66. The molecule has 0 aliphatic carbocycles. The summed E-state index contributed by atoms with van der Waals surface area (Å²) in [6, 6.07) is 6.57. The van der Waals surface area contributed by atoms with Gasteiger partial charge in [0.1, 0.15) is 6.61 Å². The van der Waals surface area contributed by atoms with Crippen molar-refractivity contribution in [3.05, 3.63) is 62.0 Å². The average Bonchev–Trinajstić information content (AvgIpc) is 2.31. The van der Waals surface area contributed by atoms with E-state index in [-0.39, 0.29) is 12.0 Å². The Hall–Kier alpha value is -1.45. The minimum absolute atomic E-state index is 0.156. The van der Waals surface area contributed by atoms with E-state index in [0.717, 1.165) is 5.56 Å². The van der Waals surface area contributed by atoms with Crippen LogP contribution in [0.4, 0.5) is 0 Å². The third-order valence-electron chi connectivity index (χ3n) is 2.49. The first-order valence-corrected chi connectivity index (χ1v) is 6.08. The standard InChI is InChI=1S/C13H11Cl2NO2/c1-8-13(12(17)4-5-16-8)18-7-9-2-3-10(14)6-11(9)15/h2-6H,7H2,1H3,(H,16,17). The summed E-state index contributed by atoms with van der Waals surface area (Å²) < 4.78 is 5.50. The van der Waals surface area contributed by atoms with Gasteiger partial charge in [0, 0.05) is 27.9 Å². The highest BCUT2D eigenvalue weighted by atomic mass is 35.5. The van der Waals surface area contributed by atoms with Crippen LogP contribution in [0.15, 0.2) is 35.3 Å². The Morgan fingerprint density at radius 1 is 1.28 bits per heavy atom. The molecular formula is C13H11Cl2NO2. The number of halogens is 2. The van der Waals surface area contributed by atoms with Gasteiger partial charge in [-0.1, -0.05) is 29.3 Å². The lowest BCUT2D eigenvalue weighted by Gasteiger charge is -2.09. The number of hydrogen-bond acceptors (Lipinski definition) is 2. The maximum atomic E-state index is 11.6. The molecule has 1 aromatic heterocycles. The zero-order valence-corrected chi connectivity index (χ0v) is 11.2. The van der Waals surface area contributed by atoms with Crippen molar-refractivity contribution in [3.63, 3.8) is 0 Å². The SMILES string of the molecule is Cc1[nH]ccc(=O)c1OCc1ccc(Cl)cc1Cl. The van der Waals surface area contributed by atoms with Gasteiger partial charge in [0.15, 0.2) is 5.75 Å². The van der Waals surface area contributed by atoms with Crippen LogP contribution in [0.1, 0.15) is 11.3 Å². The van der Waals surface area contributed by atoms with Gasteiger partial charge in [0.05, 0.1) is 5.69 Å². The van der Waals surface area contributed by atoms with E-state index < -0.39 is 0 Å². The fourth-order valence-electron chi connectivity index (χ4n) is 1.54. The normalized spacial score (nSPS) is 10.4. The molecule has 0 unspecified atom stereocenters. The fourth-order valence-corrected chi connectivity index (χ4v) is 2.00. The summed E-state index contributed by atoms with van der Waals surface area (Å²) in [5.74, 6) is 0.309. The molecule has 0 amide bonds. The first-order chi connectivity index (χ1) is 8.58. The van der Waals surface area contributed by atoms with Gasteiger partial charge in [0.2, 0.25) is 5.43 Å². The number of pyridine rings is 1. The molecule has 0 radical (unpaired) electrons. The topological polar surface area (TPSA) is 42.1 Å². The fraction of sp³-hybridized carbons (Fsp3) is 0.154. The molecule has 0 atom stereocenters. The predicted octanol–water partition coefficient (Wildman–Crippen LogP) is 3.57. The number of ether oxygens (including phenoxy) is 1. The third-order valence-corrected chi connectivity index (χ3v) is 3.07. The number of aryl methyl sites for hydroxylation is 1. The van der Waals surface area contributed by atoms with Gasteiger partial charge in [-0.2, -0.15) is 0 Å². The van der Waals surface area contributed by atoms with Gasteiger partial charge in [-0.25, -0.2) is 0 Å². The zero-order valence-electron chi connectivity index (χ0n) is 9.67. The highest BCUT2D eigenvalue weighted by Gasteiger charge is 2.07. The summed E-state index contributed by atoms with van der Waals surface area (Å²) in [6.45, 7) is 2.00. The monoisotopic (exact) mass is 283 g/mol. The molecule has 5 heteroatoms. The molecule has 0 saturated heterocycles. The second kappa shape index (κ2) is 5.46. The number of benzene rings is 1. The number of nitrogens with one attached hydrogen (secondary N) is 1. The van der Waals surface area contributed by atoms with Crippen molar-refractivity contribution in [1.29, 1.82) is 0 Å². The summed E-state index contributed by atoms with van der Waals surface area (Å²) in [5.41, 5.74) is 1.31. The maximum absolute atomic E-state index is 11.6. The molecule has 0 spiro atoms. The van der Waals surface area contributed by atoms with Gasteiger partial charge >= 0.3 is 0 Å². The van der Waals surface area contributed by atoms with Crippen molar-refractivity contribution in [1.82, 2.24) is 4.98 Å². The highest BCUT2D eigenvalue weighted by molar-refractivity contribution is 6.35. The summed E-state index contributed by atoms with van der Waals surface area (Å²) in [4.78, 5) is 14.5. The molecule has 0 aliphatic rings.